The van der Waals surface area contributed by atoms with Crippen LogP contribution in [0.1, 0.15) is 52.9 Å². The van der Waals surface area contributed by atoms with Crippen LogP contribution in [0.3, 0.4) is 0 Å². The molecule has 5 nitrogen and oxygen atoms in total. The smallest absolute Gasteiger partial charge is 0.407 e. The van der Waals surface area contributed by atoms with E-state index < -0.39 is 11.7 Å². The van der Waals surface area contributed by atoms with Gasteiger partial charge in [0.25, 0.3) is 0 Å². The van der Waals surface area contributed by atoms with Crippen LogP contribution < -0.4 is 5.32 Å². The fourth-order valence-electron chi connectivity index (χ4n) is 2.68. The third-order valence-electron chi connectivity index (χ3n) is 3.76. The summed E-state index contributed by atoms with van der Waals surface area (Å²) in [4.78, 5) is 24.1. The van der Waals surface area contributed by atoms with Crippen molar-refractivity contribution in [2.24, 2.45) is 5.92 Å². The molecule has 126 valence electrons. The van der Waals surface area contributed by atoms with Crippen molar-refractivity contribution in [2.75, 3.05) is 6.61 Å². The number of rotatable bonds is 6. The second-order valence-corrected chi connectivity index (χ2v) is 7.02. The van der Waals surface area contributed by atoms with Crippen LogP contribution in [0.2, 0.25) is 13.1 Å². The quantitative estimate of drug-likeness (QED) is 0.465. The molecule has 1 fully saturated rings. The van der Waals surface area contributed by atoms with Crippen molar-refractivity contribution in [3.63, 3.8) is 0 Å². The largest absolute Gasteiger partial charge is 0.465 e. The van der Waals surface area contributed by atoms with Gasteiger partial charge in [0.15, 0.2) is 0 Å². The van der Waals surface area contributed by atoms with E-state index in [0.29, 0.717) is 6.61 Å². The summed E-state index contributed by atoms with van der Waals surface area (Å²) in [5, 5.41) is 2.85. The van der Waals surface area contributed by atoms with E-state index in [0.717, 1.165) is 45.7 Å². The summed E-state index contributed by atoms with van der Waals surface area (Å²) in [6, 6.07) is -0.178. The Bertz CT molecular complexity index is 368. The number of amides is 1. The Kier molecular flexibility index (Phi) is 7.76. The zero-order valence-corrected chi connectivity index (χ0v) is 14.4. The van der Waals surface area contributed by atoms with Crippen molar-refractivity contribution in [3.05, 3.63) is 0 Å². The van der Waals surface area contributed by atoms with Crippen LogP contribution >= 0.6 is 0 Å². The molecular formula is C16H30BNO4. The maximum Gasteiger partial charge on any atom is 0.407 e. The van der Waals surface area contributed by atoms with Gasteiger partial charge in [-0.1, -0.05) is 26.0 Å². The molecule has 1 amide bonds. The molecule has 0 heterocycles. The van der Waals surface area contributed by atoms with E-state index in [-0.39, 0.29) is 17.9 Å². The Morgan fingerprint density at radius 3 is 2.55 bits per heavy atom. The lowest BCUT2D eigenvalue weighted by Gasteiger charge is -2.31. The highest BCUT2D eigenvalue weighted by molar-refractivity contribution is 6.33. The average molecular weight is 311 g/mol. The molecule has 0 saturated heterocycles. The van der Waals surface area contributed by atoms with Crippen molar-refractivity contribution in [1.82, 2.24) is 5.32 Å². The van der Waals surface area contributed by atoms with Gasteiger partial charge < -0.3 is 14.8 Å². The Morgan fingerprint density at radius 2 is 1.91 bits per heavy atom. The highest BCUT2D eigenvalue weighted by atomic mass is 16.6. The van der Waals surface area contributed by atoms with Crippen LogP contribution in [-0.4, -0.2) is 37.6 Å². The summed E-state index contributed by atoms with van der Waals surface area (Å²) in [5.74, 6) is -0.431. The van der Waals surface area contributed by atoms with E-state index in [1.54, 1.807) is 0 Å². The Labute approximate surface area is 134 Å². The van der Waals surface area contributed by atoms with Gasteiger partial charge in [-0.25, -0.2) is 4.79 Å². The average Bonchev–Trinajstić information content (AvgIpc) is 2.42. The number of hydrogen-bond donors (Lipinski definition) is 1. The Morgan fingerprint density at radius 1 is 1.23 bits per heavy atom. The molecule has 0 aliphatic heterocycles. The summed E-state index contributed by atoms with van der Waals surface area (Å²) in [5.41, 5.74) is -0.533. The number of hydrogen-bond acceptors (Lipinski definition) is 4. The molecule has 1 aliphatic rings. The van der Waals surface area contributed by atoms with E-state index in [4.69, 9.17) is 9.47 Å². The van der Waals surface area contributed by atoms with Crippen LogP contribution in [-0.2, 0) is 14.3 Å². The fourth-order valence-corrected chi connectivity index (χ4v) is 2.68. The van der Waals surface area contributed by atoms with Gasteiger partial charge >= 0.3 is 12.1 Å². The van der Waals surface area contributed by atoms with Crippen LogP contribution in [0.15, 0.2) is 0 Å². The van der Waals surface area contributed by atoms with Gasteiger partial charge in [-0.05, 0) is 40.0 Å². The third-order valence-corrected chi connectivity index (χ3v) is 3.76. The van der Waals surface area contributed by atoms with Crippen LogP contribution in [0, 0.1) is 5.92 Å². The standard InChI is InChI=1S/C16H30BNO4/c1-16(2,3)22-15(20)18-13-9-6-5-8-12(13)14(19)21-11-7-10-17-4/h12-13,17H,5-11H2,1-4H3,(H,18,20)/t12-,13-/m0/s1. The van der Waals surface area contributed by atoms with E-state index in [1.807, 2.05) is 20.8 Å². The maximum absolute atomic E-state index is 12.2. The molecule has 0 bridgehead atoms. The van der Waals surface area contributed by atoms with Crippen molar-refractivity contribution in [3.8, 4) is 0 Å². The Hall–Kier alpha value is -1.20. The molecule has 0 aromatic carbocycles. The molecule has 1 aliphatic carbocycles. The lowest BCUT2D eigenvalue weighted by atomic mass is 9.77. The zero-order chi connectivity index (χ0) is 16.6. The number of alkyl carbamates (subject to hydrolysis) is 1. The minimum absolute atomic E-state index is 0.178. The first-order valence-corrected chi connectivity index (χ1v) is 8.49. The molecule has 0 aromatic rings. The summed E-state index contributed by atoms with van der Waals surface area (Å²) in [6.07, 6.45) is 5.10. The monoisotopic (exact) mass is 311 g/mol. The minimum atomic E-state index is -0.533. The minimum Gasteiger partial charge on any atom is -0.465 e. The van der Waals surface area contributed by atoms with Gasteiger partial charge in [-0.2, -0.15) is 0 Å². The van der Waals surface area contributed by atoms with Gasteiger partial charge in [-0.15, -0.1) is 0 Å². The molecule has 0 unspecified atom stereocenters. The highest BCUT2D eigenvalue weighted by Gasteiger charge is 2.34. The molecule has 0 aromatic heterocycles. The SMILES string of the molecule is CBCCCOC(=O)[C@H]1CCCC[C@@H]1NC(=O)OC(C)(C)C. The summed E-state index contributed by atoms with van der Waals surface area (Å²) in [6.45, 7) is 8.07. The van der Waals surface area contributed by atoms with Gasteiger partial charge in [-0.3, -0.25) is 4.79 Å². The molecule has 1 N–H and O–H groups in total. The molecule has 6 heteroatoms. The molecule has 0 radical (unpaired) electrons. The van der Waals surface area contributed by atoms with Crippen LogP contribution in [0.4, 0.5) is 4.79 Å². The first-order valence-electron chi connectivity index (χ1n) is 8.49. The van der Waals surface area contributed by atoms with Gasteiger partial charge in [0.2, 0.25) is 0 Å². The predicted octanol–water partition coefficient (Wildman–Crippen LogP) is 2.91. The van der Waals surface area contributed by atoms with E-state index in [1.165, 1.54) is 0 Å². The van der Waals surface area contributed by atoms with Crippen molar-refractivity contribution < 1.29 is 19.1 Å². The predicted molar refractivity (Wildman–Crippen MR) is 88.5 cm³/mol. The zero-order valence-electron chi connectivity index (χ0n) is 14.4. The van der Waals surface area contributed by atoms with E-state index in [2.05, 4.69) is 12.1 Å². The topological polar surface area (TPSA) is 64.6 Å². The molecule has 22 heavy (non-hydrogen) atoms. The normalized spacial score (nSPS) is 21.8. The van der Waals surface area contributed by atoms with Crippen molar-refractivity contribution in [1.29, 1.82) is 0 Å². The van der Waals surface area contributed by atoms with Gasteiger partial charge in [0.1, 0.15) is 12.9 Å². The number of esters is 1. The summed E-state index contributed by atoms with van der Waals surface area (Å²) >= 11 is 0. The molecule has 0 spiro atoms. The number of nitrogens with one attached hydrogen (secondary N) is 1. The fraction of sp³-hybridized carbons (Fsp3) is 0.875. The first kappa shape index (κ1) is 18.9. The lowest BCUT2D eigenvalue weighted by Crippen LogP contribution is -2.47. The summed E-state index contributed by atoms with van der Waals surface area (Å²) in [7, 11) is 1.10. The summed E-state index contributed by atoms with van der Waals surface area (Å²) < 4.78 is 10.6. The molecule has 1 saturated carbocycles. The molecule has 1 rings (SSSR count). The number of ether oxygens (including phenoxy) is 2. The van der Waals surface area contributed by atoms with E-state index >= 15 is 0 Å². The number of carbonyl (C=O) groups is 2. The maximum atomic E-state index is 12.2. The Balaban J connectivity index is 2.48. The number of carbonyl (C=O) groups excluding carboxylic acids is 2. The lowest BCUT2D eigenvalue weighted by molar-refractivity contribution is -0.150. The van der Waals surface area contributed by atoms with Gasteiger partial charge in [0.05, 0.1) is 12.5 Å². The highest BCUT2D eigenvalue weighted by Crippen LogP contribution is 2.26. The van der Waals surface area contributed by atoms with E-state index in [9.17, 15) is 9.59 Å². The second-order valence-electron chi connectivity index (χ2n) is 7.02. The van der Waals surface area contributed by atoms with Crippen molar-refractivity contribution >= 4 is 19.3 Å². The molecule has 2 atom stereocenters. The molecular weight excluding hydrogens is 281 g/mol. The third kappa shape index (κ3) is 7.18. The first-order chi connectivity index (χ1) is 10.3. The van der Waals surface area contributed by atoms with Gasteiger partial charge in [0, 0.05) is 6.04 Å². The van der Waals surface area contributed by atoms with Crippen LogP contribution in [0.25, 0.3) is 0 Å². The second kappa shape index (κ2) is 9.06. The van der Waals surface area contributed by atoms with Crippen LogP contribution in [0.5, 0.6) is 0 Å². The van der Waals surface area contributed by atoms with Crippen molar-refractivity contribution in [2.45, 2.75) is 77.7 Å².